The molecule has 4 atom stereocenters. The van der Waals surface area contributed by atoms with E-state index in [-0.39, 0.29) is 46.8 Å². The van der Waals surface area contributed by atoms with Crippen LogP contribution in [0, 0.1) is 27.7 Å². The molecule has 590 valence electrons. The first-order chi connectivity index (χ1) is 54.3. The van der Waals surface area contributed by atoms with Gasteiger partial charge < -0.3 is 28.9 Å². The average molecular weight is 1540 g/mol. The Morgan fingerprint density at radius 2 is 0.719 bits per heavy atom. The molecule has 0 spiro atoms. The molecule has 114 heavy (non-hydrogen) atoms. The zero-order chi connectivity index (χ0) is 81.4. The molecule has 0 N–H and O–H groups in total. The molecule has 8 heterocycles. The van der Waals surface area contributed by atoms with Gasteiger partial charge in [-0.05, 0) is 244 Å². The molecule has 4 aliphatic rings. The summed E-state index contributed by atoms with van der Waals surface area (Å²) in [5, 5.41) is 4.69. The van der Waals surface area contributed by atoms with Gasteiger partial charge in [0.2, 0.25) is 0 Å². The number of fused-ring (bicyclic) bond motifs is 5. The molecule has 0 bridgehead atoms. The monoisotopic (exact) mass is 1540 g/mol. The Balaban J connectivity index is 0.000000126. The number of para-hydroxylation sites is 9. The lowest BCUT2D eigenvalue weighted by molar-refractivity contribution is -0.789. The van der Waals surface area contributed by atoms with E-state index in [0.717, 1.165) is 6.01 Å². The Morgan fingerprint density at radius 3 is 1.09 bits per heavy atom. The third-order valence-electron chi connectivity index (χ3n) is 24.7. The minimum Gasteiger partial charge on any atom is -0.396 e. The van der Waals surface area contributed by atoms with Gasteiger partial charge >= 0.3 is 17.0 Å². The normalized spacial score (nSPS) is 16.6. The molecular weight excluding hydrogens is 1420 g/mol. The van der Waals surface area contributed by atoms with E-state index in [0.29, 0.717) is 12.1 Å². The van der Waals surface area contributed by atoms with Gasteiger partial charge in [0.15, 0.2) is 53.6 Å². The van der Waals surface area contributed by atoms with Crippen LogP contribution in [-0.2, 0) is 50.3 Å². The molecule has 0 radical (unpaired) electrons. The van der Waals surface area contributed by atoms with Crippen LogP contribution >= 0.6 is 11.3 Å². The highest BCUT2D eigenvalue weighted by atomic mass is 32.1. The van der Waals surface area contributed by atoms with Crippen molar-refractivity contribution in [2.75, 3.05) is 39.2 Å². The Kier molecular flexibility index (Phi) is 21.6. The summed E-state index contributed by atoms with van der Waals surface area (Å²) in [6.45, 7) is 45.6. The van der Waals surface area contributed by atoms with Gasteiger partial charge in [0, 0.05) is 5.38 Å². The lowest BCUT2D eigenvalue weighted by atomic mass is 9.88. The van der Waals surface area contributed by atoms with E-state index in [2.05, 4.69) is 464 Å². The van der Waals surface area contributed by atoms with Gasteiger partial charge in [-0.1, -0.05) is 169 Å². The van der Waals surface area contributed by atoms with Gasteiger partial charge in [-0.2, -0.15) is 14.5 Å². The highest BCUT2D eigenvalue weighted by Gasteiger charge is 2.53. The number of aromatic nitrogens is 6. The molecule has 4 aromatic heterocycles. The summed E-state index contributed by atoms with van der Waals surface area (Å²) in [6, 6.07) is 82.5. The Bertz CT molecular complexity index is 5460. The Hall–Kier alpha value is -11.1. The van der Waals surface area contributed by atoms with Crippen LogP contribution in [0.25, 0.3) is 10.9 Å². The van der Waals surface area contributed by atoms with Gasteiger partial charge in [0.05, 0.1) is 94.7 Å². The molecule has 16 heteroatoms. The molecule has 0 unspecified atom stereocenters. The van der Waals surface area contributed by atoms with Crippen LogP contribution in [0.2, 0.25) is 0 Å². The maximum absolute atomic E-state index is 5.83. The van der Waals surface area contributed by atoms with Crippen LogP contribution in [0.5, 0.6) is 0 Å². The number of hydrogen-bond donors (Lipinski definition) is 0. The molecule has 4 aliphatic heterocycles. The summed E-state index contributed by atoms with van der Waals surface area (Å²) >= 11 is 1.79. The number of rotatable bonds is 14. The van der Waals surface area contributed by atoms with Crippen LogP contribution in [0.4, 0.5) is 68.3 Å². The number of nitrogens with zero attached hydrogens (tertiary/aromatic N) is 14. The number of anilines is 12. The lowest BCUT2D eigenvalue weighted by Crippen LogP contribution is -2.52. The predicted molar refractivity (Wildman–Crippen MR) is 474 cm³/mol. The second-order valence-electron chi connectivity index (χ2n) is 34.0. The minimum atomic E-state index is -0.176. The van der Waals surface area contributed by atoms with E-state index < -0.39 is 0 Å². The van der Waals surface area contributed by atoms with Crippen molar-refractivity contribution < 1.29 is 22.9 Å². The second-order valence-corrected chi connectivity index (χ2v) is 34.9. The standard InChI is InChI=1S/C29H35N4.C25H33N4.C22H26N3O.C22H26N3S/c1-20(2)33-25-17-11-9-15-23(25)28(30(33)7)31-22(4)32(27-19-13-12-18-26(27)31)29(5,6)24-16-10-8-14-21(24)3;1-18(2)27-17-16-24(26(27)7)28-20(4)29(23-15-11-10-14-22(23)28)25(5,6)21-13-9-8-12-19(21)3;2*1-16-10-6-7-11-18(16)22(3,4)25-17(2)24(21-23(5)14-15-26-21)19-12-8-9-13-20(19)25/h8-20,22H,1-7H3;8-18,20H,1-7H3;2*6-15,17H,1-5H3/q4*+1/t22-;20-;2*17-/m1111/s1. The van der Waals surface area contributed by atoms with Gasteiger partial charge in [-0.3, -0.25) is 0 Å². The molecule has 13 aromatic rings. The van der Waals surface area contributed by atoms with Crippen LogP contribution in [0.1, 0.15) is 167 Å². The molecule has 0 saturated heterocycles. The fourth-order valence-corrected chi connectivity index (χ4v) is 20.8. The first-order valence-electron chi connectivity index (χ1n) is 40.7. The van der Waals surface area contributed by atoms with Gasteiger partial charge in [-0.25, -0.2) is 18.7 Å². The summed E-state index contributed by atoms with van der Waals surface area (Å²) in [5.74, 6) is 2.45. The zero-order valence-corrected chi connectivity index (χ0v) is 72.6. The summed E-state index contributed by atoms with van der Waals surface area (Å²) < 4.78 is 19.3. The van der Waals surface area contributed by atoms with Crippen LogP contribution < -0.4 is 57.7 Å². The number of thiazole rings is 1. The number of aryl methyl sites for hydroxylation is 6. The lowest BCUT2D eigenvalue weighted by Gasteiger charge is -2.43. The van der Waals surface area contributed by atoms with Crippen molar-refractivity contribution in [1.29, 1.82) is 0 Å². The molecule has 17 rings (SSSR count). The fraction of sp³-hybridized carbons (Fsp3) is 0.347. The van der Waals surface area contributed by atoms with Crippen molar-refractivity contribution in [3.63, 3.8) is 0 Å². The first kappa shape index (κ1) is 79.5. The quantitative estimate of drug-likeness (QED) is 0.0991. The van der Waals surface area contributed by atoms with Crippen molar-refractivity contribution in [2.24, 2.45) is 28.2 Å². The van der Waals surface area contributed by atoms with E-state index in [1.54, 1.807) is 17.6 Å². The van der Waals surface area contributed by atoms with E-state index in [1.165, 1.54) is 118 Å². The van der Waals surface area contributed by atoms with E-state index >= 15 is 0 Å². The van der Waals surface area contributed by atoms with Crippen molar-refractivity contribution in [1.82, 2.24) is 9.36 Å². The Labute approximate surface area is 682 Å². The van der Waals surface area contributed by atoms with E-state index in [9.17, 15) is 0 Å². The minimum absolute atomic E-state index is 0.120. The smallest absolute Gasteiger partial charge is 0.396 e. The summed E-state index contributed by atoms with van der Waals surface area (Å²) in [5.41, 5.74) is 21.5. The summed E-state index contributed by atoms with van der Waals surface area (Å²) in [7, 11) is 8.49. The van der Waals surface area contributed by atoms with Crippen molar-refractivity contribution in [3.8, 4) is 0 Å². The number of oxazole rings is 1. The highest BCUT2D eigenvalue weighted by Crippen LogP contribution is 2.55. The topological polar surface area (TPSA) is 64.4 Å². The largest absolute Gasteiger partial charge is 0.463 e. The molecule has 15 nitrogen and oxygen atoms in total. The van der Waals surface area contributed by atoms with Gasteiger partial charge in [-0.15, -0.1) is 9.36 Å². The fourth-order valence-electron chi connectivity index (χ4n) is 19.9. The SMILES string of the molecule is Cc1ccccc1C(C)(C)N1c2ccccc2N(c2c3ccccc3n(C(C)C)[n+]2C)[C@H]1C.Cc1ccccc1C(C)(C)N1c2ccccc2N(c2cc[n+](C(C)C)n2C)[C@H]1C.Cc1ccccc1C(C)(C)N1c2ccccc2N(c2occ[n+]2C)[C@H]1C.Cc1ccccc1C(C)(C)N1c2ccccc2N(c2scc[n+]2C)[C@H]1C. The molecule has 0 amide bonds. The van der Waals surface area contributed by atoms with Crippen molar-refractivity contribution >= 4 is 90.5 Å². The predicted octanol–water partition coefficient (Wildman–Crippen LogP) is 21.8. The molecule has 9 aromatic carbocycles. The highest BCUT2D eigenvalue weighted by molar-refractivity contribution is 7.13. The van der Waals surface area contributed by atoms with Crippen molar-refractivity contribution in [2.45, 2.75) is 197 Å². The third kappa shape index (κ3) is 13.5. The van der Waals surface area contributed by atoms with Gasteiger partial charge in [0.25, 0.3) is 0 Å². The van der Waals surface area contributed by atoms with E-state index in [4.69, 9.17) is 4.42 Å². The Morgan fingerprint density at radius 1 is 0.377 bits per heavy atom. The summed E-state index contributed by atoms with van der Waals surface area (Å²) in [4.78, 5) is 19.9. The van der Waals surface area contributed by atoms with Gasteiger partial charge in [0.1, 0.15) is 31.9 Å². The molecular formula is C98H120N14OS+4. The maximum Gasteiger partial charge on any atom is 0.463 e. The first-order valence-corrected chi connectivity index (χ1v) is 41.6. The number of benzene rings is 9. The maximum atomic E-state index is 5.83. The second kappa shape index (κ2) is 31.0. The van der Waals surface area contributed by atoms with Crippen LogP contribution in [0.3, 0.4) is 0 Å². The third-order valence-corrected chi connectivity index (χ3v) is 25.7. The molecule has 0 fully saturated rings. The molecule has 0 aliphatic carbocycles. The van der Waals surface area contributed by atoms with E-state index in [1.807, 2.05) is 17.8 Å². The molecule has 0 saturated carbocycles. The van der Waals surface area contributed by atoms with Crippen LogP contribution in [0.15, 0.2) is 259 Å². The zero-order valence-electron chi connectivity index (χ0n) is 71.8. The number of hydrogen-bond acceptors (Lipinski definition) is 10. The van der Waals surface area contributed by atoms with Crippen molar-refractivity contribution in [3.05, 3.63) is 299 Å². The average Bonchev–Trinajstić information content (AvgIpc) is 1.55. The summed E-state index contributed by atoms with van der Waals surface area (Å²) in [6.07, 6.45) is 8.69. The van der Waals surface area contributed by atoms with Crippen LogP contribution in [-0.4, -0.2) is 34.0 Å².